The second-order valence-electron chi connectivity index (χ2n) is 5.53. The highest BCUT2D eigenvalue weighted by molar-refractivity contribution is 6.04. The Balaban J connectivity index is 1.88. The van der Waals surface area contributed by atoms with E-state index >= 15 is 0 Å². The Hall–Kier alpha value is -1.88. The van der Waals surface area contributed by atoms with E-state index in [1.54, 1.807) is 0 Å². The van der Waals surface area contributed by atoms with Gasteiger partial charge in [-0.2, -0.15) is 5.10 Å². The van der Waals surface area contributed by atoms with Gasteiger partial charge in [-0.1, -0.05) is 24.6 Å². The topological polar surface area (TPSA) is 75.0 Å². The quantitative estimate of drug-likeness (QED) is 0.894. The monoisotopic (exact) mass is 272 g/mol. The van der Waals surface area contributed by atoms with Crippen molar-refractivity contribution in [1.29, 1.82) is 0 Å². The molecule has 2 aromatic rings. The first-order valence-electron chi connectivity index (χ1n) is 7.12. The number of H-pyrrole nitrogens is 1. The van der Waals surface area contributed by atoms with Crippen LogP contribution >= 0.6 is 0 Å². The number of amides is 1. The van der Waals surface area contributed by atoms with E-state index in [0.29, 0.717) is 18.2 Å². The SMILES string of the molecule is CN(C(=O)c1n[nH]c2ccccc12)C1CCCC1CN. The van der Waals surface area contributed by atoms with Crippen LogP contribution in [0.4, 0.5) is 0 Å². The normalized spacial score (nSPS) is 22.3. The first-order valence-corrected chi connectivity index (χ1v) is 7.12. The molecule has 1 amide bonds. The Labute approximate surface area is 118 Å². The van der Waals surface area contributed by atoms with Gasteiger partial charge in [0.1, 0.15) is 0 Å². The Morgan fingerprint density at radius 2 is 2.25 bits per heavy atom. The van der Waals surface area contributed by atoms with Crippen molar-refractivity contribution in [2.24, 2.45) is 11.7 Å². The van der Waals surface area contributed by atoms with Crippen molar-refractivity contribution in [3.63, 3.8) is 0 Å². The number of benzene rings is 1. The molecule has 0 aliphatic heterocycles. The minimum atomic E-state index is -0.0206. The maximum atomic E-state index is 12.7. The molecule has 1 saturated carbocycles. The molecular formula is C15H20N4O. The Bertz CT molecular complexity index is 621. The van der Waals surface area contributed by atoms with Crippen LogP contribution in [0.25, 0.3) is 10.9 Å². The van der Waals surface area contributed by atoms with E-state index in [4.69, 9.17) is 5.73 Å². The molecular weight excluding hydrogens is 252 g/mol. The summed E-state index contributed by atoms with van der Waals surface area (Å²) < 4.78 is 0. The lowest BCUT2D eigenvalue weighted by Gasteiger charge is -2.28. The summed E-state index contributed by atoms with van der Waals surface area (Å²) in [6.07, 6.45) is 3.29. The molecule has 1 heterocycles. The summed E-state index contributed by atoms with van der Waals surface area (Å²) in [7, 11) is 1.87. The predicted octanol–water partition coefficient (Wildman–Crippen LogP) is 1.76. The number of carbonyl (C=O) groups excluding carboxylic acids is 1. The molecule has 1 aromatic heterocycles. The lowest BCUT2D eigenvalue weighted by molar-refractivity contribution is 0.0696. The van der Waals surface area contributed by atoms with Crippen LogP contribution in [0.1, 0.15) is 29.8 Å². The lowest BCUT2D eigenvalue weighted by Crippen LogP contribution is -2.41. The van der Waals surface area contributed by atoms with E-state index in [-0.39, 0.29) is 11.9 Å². The van der Waals surface area contributed by atoms with Gasteiger partial charge in [-0.3, -0.25) is 9.89 Å². The fourth-order valence-electron chi connectivity index (χ4n) is 3.25. The van der Waals surface area contributed by atoms with Crippen LogP contribution in [-0.4, -0.2) is 40.6 Å². The molecule has 3 N–H and O–H groups in total. The number of nitrogens with two attached hydrogens (primary N) is 1. The fourth-order valence-corrected chi connectivity index (χ4v) is 3.25. The molecule has 1 aromatic carbocycles. The third-order valence-corrected chi connectivity index (χ3v) is 4.41. The molecule has 1 aliphatic rings. The maximum absolute atomic E-state index is 12.7. The van der Waals surface area contributed by atoms with Crippen LogP contribution in [0.15, 0.2) is 24.3 Å². The number of hydrogen-bond donors (Lipinski definition) is 2. The maximum Gasteiger partial charge on any atom is 0.274 e. The number of nitrogens with one attached hydrogen (secondary N) is 1. The van der Waals surface area contributed by atoms with E-state index < -0.39 is 0 Å². The van der Waals surface area contributed by atoms with E-state index in [2.05, 4.69) is 10.2 Å². The van der Waals surface area contributed by atoms with Crippen LogP contribution in [0.5, 0.6) is 0 Å². The molecule has 20 heavy (non-hydrogen) atoms. The highest BCUT2D eigenvalue weighted by Gasteiger charge is 2.33. The van der Waals surface area contributed by atoms with E-state index in [1.165, 1.54) is 0 Å². The number of fused-ring (bicyclic) bond motifs is 1. The van der Waals surface area contributed by atoms with Crippen molar-refractivity contribution in [3.05, 3.63) is 30.0 Å². The Kier molecular flexibility index (Phi) is 3.44. The summed E-state index contributed by atoms with van der Waals surface area (Å²) in [5, 5.41) is 7.99. The van der Waals surface area contributed by atoms with Gasteiger partial charge in [-0.15, -0.1) is 0 Å². The first kappa shape index (κ1) is 13.1. The van der Waals surface area contributed by atoms with Gasteiger partial charge in [0, 0.05) is 18.5 Å². The molecule has 2 atom stereocenters. The summed E-state index contributed by atoms with van der Waals surface area (Å²) in [5.41, 5.74) is 7.21. The fraction of sp³-hybridized carbons (Fsp3) is 0.467. The van der Waals surface area contributed by atoms with E-state index in [1.807, 2.05) is 36.2 Å². The molecule has 0 bridgehead atoms. The number of aromatic nitrogens is 2. The van der Waals surface area contributed by atoms with Gasteiger partial charge in [0.25, 0.3) is 5.91 Å². The molecule has 106 valence electrons. The zero-order valence-corrected chi connectivity index (χ0v) is 11.7. The third kappa shape index (κ3) is 2.08. The molecule has 0 spiro atoms. The molecule has 3 rings (SSSR count). The number of nitrogens with zero attached hydrogens (tertiary/aromatic N) is 2. The second-order valence-corrected chi connectivity index (χ2v) is 5.53. The Morgan fingerprint density at radius 3 is 3.05 bits per heavy atom. The predicted molar refractivity (Wildman–Crippen MR) is 78.4 cm³/mol. The van der Waals surface area contributed by atoms with E-state index in [9.17, 15) is 4.79 Å². The molecule has 5 nitrogen and oxygen atoms in total. The average Bonchev–Trinajstić information content (AvgIpc) is 3.12. The number of aromatic amines is 1. The molecule has 0 radical (unpaired) electrons. The minimum absolute atomic E-state index is 0.0206. The van der Waals surface area contributed by atoms with Gasteiger partial charge in [0.15, 0.2) is 5.69 Å². The van der Waals surface area contributed by atoms with Crippen molar-refractivity contribution in [2.75, 3.05) is 13.6 Å². The zero-order valence-electron chi connectivity index (χ0n) is 11.7. The van der Waals surface area contributed by atoms with E-state index in [0.717, 1.165) is 30.2 Å². The largest absolute Gasteiger partial charge is 0.337 e. The summed E-state index contributed by atoms with van der Waals surface area (Å²) in [6.45, 7) is 0.642. The zero-order chi connectivity index (χ0) is 14.1. The molecule has 0 saturated heterocycles. The average molecular weight is 272 g/mol. The second kappa shape index (κ2) is 5.25. The molecule has 1 aliphatic carbocycles. The Morgan fingerprint density at radius 1 is 1.45 bits per heavy atom. The number of carbonyl (C=O) groups is 1. The van der Waals surface area contributed by atoms with Crippen molar-refractivity contribution in [2.45, 2.75) is 25.3 Å². The number of hydrogen-bond acceptors (Lipinski definition) is 3. The van der Waals surface area contributed by atoms with Gasteiger partial charge in [0.2, 0.25) is 0 Å². The third-order valence-electron chi connectivity index (χ3n) is 4.41. The smallest absolute Gasteiger partial charge is 0.274 e. The molecule has 5 heteroatoms. The van der Waals surface area contributed by atoms with Crippen LogP contribution in [0, 0.1) is 5.92 Å². The summed E-state index contributed by atoms with van der Waals surface area (Å²) >= 11 is 0. The highest BCUT2D eigenvalue weighted by atomic mass is 16.2. The van der Waals surface area contributed by atoms with Crippen molar-refractivity contribution in [1.82, 2.24) is 15.1 Å². The van der Waals surface area contributed by atoms with Gasteiger partial charge < -0.3 is 10.6 Å². The van der Waals surface area contributed by atoms with Crippen LogP contribution in [0.2, 0.25) is 0 Å². The van der Waals surface area contributed by atoms with Crippen LogP contribution in [0.3, 0.4) is 0 Å². The minimum Gasteiger partial charge on any atom is -0.337 e. The first-order chi connectivity index (χ1) is 9.72. The summed E-state index contributed by atoms with van der Waals surface area (Å²) in [5.74, 6) is 0.391. The molecule has 2 unspecified atom stereocenters. The summed E-state index contributed by atoms with van der Waals surface area (Å²) in [6, 6.07) is 7.95. The number of para-hydroxylation sites is 1. The molecule has 1 fully saturated rings. The van der Waals surface area contributed by atoms with Gasteiger partial charge in [-0.05, 0) is 31.4 Å². The standard InChI is InChI=1S/C15H20N4O/c1-19(13-8-4-5-10(13)9-16)15(20)14-11-6-2-3-7-12(11)17-18-14/h2-3,6-7,10,13H,4-5,8-9,16H2,1H3,(H,17,18). The van der Waals surface area contributed by atoms with Gasteiger partial charge in [-0.25, -0.2) is 0 Å². The van der Waals surface area contributed by atoms with Crippen molar-refractivity contribution < 1.29 is 4.79 Å². The number of rotatable bonds is 3. The highest BCUT2D eigenvalue weighted by Crippen LogP contribution is 2.29. The lowest BCUT2D eigenvalue weighted by atomic mass is 10.0. The summed E-state index contributed by atoms with van der Waals surface area (Å²) in [4.78, 5) is 14.5. The van der Waals surface area contributed by atoms with Gasteiger partial charge in [0.05, 0.1) is 5.52 Å². The van der Waals surface area contributed by atoms with Crippen molar-refractivity contribution in [3.8, 4) is 0 Å². The van der Waals surface area contributed by atoms with Crippen LogP contribution < -0.4 is 5.73 Å². The van der Waals surface area contributed by atoms with Gasteiger partial charge >= 0.3 is 0 Å². The van der Waals surface area contributed by atoms with Crippen molar-refractivity contribution >= 4 is 16.8 Å². The van der Waals surface area contributed by atoms with Crippen LogP contribution in [-0.2, 0) is 0 Å².